The molecule has 0 unspecified atom stereocenters. The van der Waals surface area contributed by atoms with E-state index >= 15 is 0 Å². The van der Waals surface area contributed by atoms with Crippen molar-refractivity contribution in [3.63, 3.8) is 0 Å². The SMILES string of the molecule is COc1ccc(CN(Cc2ccc(OC)c(OC)c2)c2nccc(Cn3ncc4c5sc(Cn6cncn6)nc5n(C)c4c3=O)n2)cc1OC. The van der Waals surface area contributed by atoms with Gasteiger partial charge >= 0.3 is 0 Å². The molecule has 15 nitrogen and oxygen atoms in total. The number of fused-ring (bicyclic) bond motifs is 3. The molecule has 0 bridgehead atoms. The normalized spacial score (nSPS) is 11.3. The van der Waals surface area contributed by atoms with Crippen molar-refractivity contribution in [3.8, 4) is 23.0 Å². The fraction of sp³-hybridized carbons (Fsp3) is 0.265. The van der Waals surface area contributed by atoms with E-state index in [2.05, 4.69) is 20.2 Å². The van der Waals surface area contributed by atoms with Crippen LogP contribution in [0.25, 0.3) is 21.3 Å². The van der Waals surface area contributed by atoms with Gasteiger partial charge in [0.1, 0.15) is 23.2 Å². The minimum Gasteiger partial charge on any atom is -0.493 e. The predicted molar refractivity (Wildman–Crippen MR) is 187 cm³/mol. The molecule has 0 saturated carbocycles. The van der Waals surface area contributed by atoms with E-state index in [1.54, 1.807) is 57.9 Å². The van der Waals surface area contributed by atoms with Crippen molar-refractivity contribution in [1.29, 1.82) is 0 Å². The van der Waals surface area contributed by atoms with Crippen molar-refractivity contribution in [2.24, 2.45) is 7.05 Å². The molecule has 0 radical (unpaired) electrons. The Balaban J connectivity index is 1.20. The molecule has 0 amide bonds. The minimum atomic E-state index is -0.235. The Morgan fingerprint density at radius 2 is 1.50 bits per heavy atom. The van der Waals surface area contributed by atoms with Gasteiger partial charge in [-0.15, -0.1) is 11.3 Å². The third-order valence-corrected chi connectivity index (χ3v) is 9.33. The number of benzene rings is 2. The monoisotopic (exact) mass is 694 g/mol. The van der Waals surface area contributed by atoms with Crippen LogP contribution in [0, 0.1) is 0 Å². The lowest BCUT2D eigenvalue weighted by Crippen LogP contribution is -2.27. The van der Waals surface area contributed by atoms with Gasteiger partial charge in [-0.2, -0.15) is 10.2 Å². The second-order valence-corrected chi connectivity index (χ2v) is 12.4. The fourth-order valence-corrected chi connectivity index (χ4v) is 6.94. The lowest BCUT2D eigenvalue weighted by Gasteiger charge is -2.24. The van der Waals surface area contributed by atoms with Crippen LogP contribution in [0.4, 0.5) is 5.95 Å². The van der Waals surface area contributed by atoms with E-state index in [0.717, 1.165) is 31.9 Å². The molecule has 0 spiro atoms. The van der Waals surface area contributed by atoms with Gasteiger partial charge in [0, 0.05) is 31.7 Å². The summed E-state index contributed by atoms with van der Waals surface area (Å²) in [5.74, 6) is 2.99. The Kier molecular flexibility index (Phi) is 9.00. The second kappa shape index (κ2) is 13.8. The van der Waals surface area contributed by atoms with Crippen molar-refractivity contribution in [1.82, 2.24) is 44.1 Å². The maximum atomic E-state index is 13.8. The number of thiazole rings is 1. The molecule has 50 heavy (non-hydrogen) atoms. The first-order chi connectivity index (χ1) is 24.4. The van der Waals surface area contributed by atoms with E-state index in [9.17, 15) is 4.79 Å². The molecule has 0 aliphatic heterocycles. The Hall–Kier alpha value is -6.03. The summed E-state index contributed by atoms with van der Waals surface area (Å²) in [6, 6.07) is 13.3. The Labute approximate surface area is 290 Å². The van der Waals surface area contributed by atoms with Gasteiger partial charge in [-0.3, -0.25) is 4.79 Å². The Bertz CT molecular complexity index is 2290. The van der Waals surface area contributed by atoms with Crippen LogP contribution in [-0.4, -0.2) is 72.5 Å². The maximum Gasteiger partial charge on any atom is 0.291 e. The molecule has 0 atom stereocenters. The zero-order valence-corrected chi connectivity index (χ0v) is 28.9. The topological polar surface area (TPSA) is 149 Å². The van der Waals surface area contributed by atoms with E-state index in [-0.39, 0.29) is 12.1 Å². The molecule has 0 fully saturated rings. The lowest BCUT2D eigenvalue weighted by atomic mass is 10.1. The number of hydrogen-bond donors (Lipinski definition) is 0. The van der Waals surface area contributed by atoms with Gasteiger partial charge in [-0.05, 0) is 41.5 Å². The molecule has 16 heteroatoms. The predicted octanol–water partition coefficient (Wildman–Crippen LogP) is 4.06. The third-order valence-electron chi connectivity index (χ3n) is 8.27. The van der Waals surface area contributed by atoms with E-state index in [1.165, 1.54) is 22.3 Å². The first-order valence-corrected chi connectivity index (χ1v) is 16.4. The third kappa shape index (κ3) is 6.27. The molecule has 0 aliphatic carbocycles. The van der Waals surface area contributed by atoms with E-state index < -0.39 is 0 Å². The molecular formula is C34H34N10O5S. The molecular weight excluding hydrogens is 661 g/mol. The Morgan fingerprint density at radius 3 is 2.12 bits per heavy atom. The number of aromatic nitrogens is 9. The van der Waals surface area contributed by atoms with Crippen molar-refractivity contribution in [3.05, 3.63) is 99.7 Å². The summed E-state index contributed by atoms with van der Waals surface area (Å²) in [7, 11) is 8.27. The maximum absolute atomic E-state index is 13.8. The van der Waals surface area contributed by atoms with Crippen molar-refractivity contribution in [2.45, 2.75) is 26.2 Å². The van der Waals surface area contributed by atoms with Crippen LogP contribution in [0.3, 0.4) is 0 Å². The highest BCUT2D eigenvalue weighted by atomic mass is 32.1. The smallest absolute Gasteiger partial charge is 0.291 e. The van der Waals surface area contributed by atoms with Crippen molar-refractivity contribution < 1.29 is 18.9 Å². The average Bonchev–Trinajstić information content (AvgIpc) is 3.87. The van der Waals surface area contributed by atoms with Crippen LogP contribution in [-0.2, 0) is 33.2 Å². The van der Waals surface area contributed by atoms with Gasteiger partial charge in [0.25, 0.3) is 5.56 Å². The lowest BCUT2D eigenvalue weighted by molar-refractivity contribution is 0.354. The van der Waals surface area contributed by atoms with Crippen LogP contribution < -0.4 is 29.4 Å². The highest BCUT2D eigenvalue weighted by molar-refractivity contribution is 7.19. The zero-order chi connectivity index (χ0) is 34.8. The van der Waals surface area contributed by atoms with Crippen molar-refractivity contribution >= 4 is 38.5 Å². The van der Waals surface area contributed by atoms with Crippen molar-refractivity contribution in [2.75, 3.05) is 33.3 Å². The van der Waals surface area contributed by atoms with Gasteiger partial charge in [0.2, 0.25) is 5.95 Å². The molecule has 5 aromatic heterocycles. The highest BCUT2D eigenvalue weighted by Gasteiger charge is 2.20. The zero-order valence-electron chi connectivity index (χ0n) is 28.1. The number of hydrogen-bond acceptors (Lipinski definition) is 13. The standard InChI is InChI=1S/C34H34N10O5S/c1-41-30-24(31-32(41)40-29(50-31)18-43-20-35-19-38-43)14-37-44(33(30)45)17-23-10-11-36-34(39-23)42(15-21-6-8-25(46-2)27(12-21)48-4)16-22-7-9-26(47-3)28(13-22)49-5/h6-14,19-20H,15-18H2,1-5H3. The van der Waals surface area contributed by atoms with Crippen LogP contribution in [0.15, 0.2) is 72.3 Å². The summed E-state index contributed by atoms with van der Waals surface area (Å²) < 4.78 is 27.9. The summed E-state index contributed by atoms with van der Waals surface area (Å²) in [6.45, 7) is 1.55. The molecule has 256 valence electrons. The quantitative estimate of drug-likeness (QED) is 0.171. The summed E-state index contributed by atoms with van der Waals surface area (Å²) in [5, 5.41) is 10.3. The second-order valence-electron chi connectivity index (χ2n) is 11.4. The number of rotatable bonds is 13. The van der Waals surface area contributed by atoms with Crippen LogP contribution >= 0.6 is 11.3 Å². The van der Waals surface area contributed by atoms with Gasteiger partial charge < -0.3 is 28.4 Å². The number of ether oxygens (including phenoxy) is 4. The molecule has 0 N–H and O–H groups in total. The fourth-order valence-electron chi connectivity index (χ4n) is 5.84. The molecule has 7 aromatic rings. The molecule has 0 saturated heterocycles. The number of anilines is 1. The first kappa shape index (κ1) is 32.5. The van der Waals surface area contributed by atoms with E-state index in [1.807, 2.05) is 52.9 Å². The summed E-state index contributed by atoms with van der Waals surface area (Å²) in [5.41, 5.74) is 3.56. The average molecular weight is 695 g/mol. The van der Waals surface area contributed by atoms with Gasteiger partial charge in [0.05, 0.1) is 58.1 Å². The van der Waals surface area contributed by atoms with Gasteiger partial charge in [-0.1, -0.05) is 12.1 Å². The van der Waals surface area contributed by atoms with Gasteiger partial charge in [0.15, 0.2) is 28.6 Å². The number of aryl methyl sites for hydroxylation is 1. The largest absolute Gasteiger partial charge is 0.493 e. The molecule has 7 rings (SSSR count). The summed E-state index contributed by atoms with van der Waals surface area (Å²) in [6.07, 6.45) is 6.55. The highest BCUT2D eigenvalue weighted by Crippen LogP contribution is 2.32. The molecule has 0 aliphatic rings. The van der Waals surface area contributed by atoms with Crippen LogP contribution in [0.2, 0.25) is 0 Å². The first-order valence-electron chi connectivity index (χ1n) is 15.5. The number of methoxy groups -OCH3 is 4. The van der Waals surface area contributed by atoms with Gasteiger partial charge in [-0.25, -0.2) is 29.3 Å². The minimum absolute atomic E-state index is 0.147. The van der Waals surface area contributed by atoms with Crippen LogP contribution in [0.1, 0.15) is 21.8 Å². The van der Waals surface area contributed by atoms with Crippen LogP contribution in [0.5, 0.6) is 23.0 Å². The summed E-state index contributed by atoms with van der Waals surface area (Å²) in [4.78, 5) is 34.2. The van der Waals surface area contributed by atoms with E-state index in [0.29, 0.717) is 59.8 Å². The van der Waals surface area contributed by atoms with E-state index in [4.69, 9.17) is 28.9 Å². The molecule has 2 aromatic carbocycles. The summed E-state index contributed by atoms with van der Waals surface area (Å²) >= 11 is 1.51. The molecule has 5 heterocycles. The Morgan fingerprint density at radius 1 is 0.820 bits per heavy atom. The number of nitrogens with zero attached hydrogens (tertiary/aromatic N) is 10.